The lowest BCUT2D eigenvalue weighted by Crippen LogP contribution is -1.88. The summed E-state index contributed by atoms with van der Waals surface area (Å²) in [7, 11) is 0. The minimum atomic E-state index is 0.535. The molecule has 1 aromatic heterocycles. The van der Waals surface area contributed by atoms with Gasteiger partial charge in [0.2, 0.25) is 0 Å². The third-order valence-corrected chi connectivity index (χ3v) is 4.31. The van der Waals surface area contributed by atoms with E-state index in [4.69, 9.17) is 5.73 Å². The van der Waals surface area contributed by atoms with Crippen LogP contribution in [0.25, 0.3) is 11.1 Å². The molecule has 0 bridgehead atoms. The van der Waals surface area contributed by atoms with E-state index in [0.29, 0.717) is 5.82 Å². The number of nitrogens with one attached hydrogen (secondary N) is 1. The molecule has 0 aliphatic rings. The minimum Gasteiger partial charge on any atom is -0.382 e. The Morgan fingerprint density at radius 1 is 1.10 bits per heavy atom. The number of anilines is 1. The maximum Gasteiger partial charge on any atom is 0.153 e. The number of rotatable bonds is 3. The van der Waals surface area contributed by atoms with Gasteiger partial charge in [0.25, 0.3) is 0 Å². The van der Waals surface area contributed by atoms with Gasteiger partial charge in [-0.25, -0.2) is 0 Å². The zero-order valence-electron chi connectivity index (χ0n) is 11.1. The van der Waals surface area contributed by atoms with Crippen LogP contribution in [0, 0.1) is 6.92 Å². The minimum absolute atomic E-state index is 0.535. The van der Waals surface area contributed by atoms with E-state index in [1.165, 1.54) is 15.4 Å². The number of hydrogen-bond acceptors (Lipinski definition) is 3. The van der Waals surface area contributed by atoms with E-state index >= 15 is 0 Å². The highest BCUT2D eigenvalue weighted by atomic mass is 32.2. The van der Waals surface area contributed by atoms with Crippen LogP contribution >= 0.6 is 11.8 Å². The van der Waals surface area contributed by atoms with Crippen LogP contribution in [0.5, 0.6) is 0 Å². The Morgan fingerprint density at radius 2 is 1.90 bits per heavy atom. The summed E-state index contributed by atoms with van der Waals surface area (Å²) in [5.41, 5.74) is 9.11. The van der Waals surface area contributed by atoms with Gasteiger partial charge >= 0.3 is 0 Å². The number of nitrogens with two attached hydrogens (primary N) is 1. The topological polar surface area (TPSA) is 54.7 Å². The standard InChI is InChI=1S/C16H15N3S/c1-11-9-12(14-10-18-19-16(14)17)7-8-15(11)20-13-5-3-2-4-6-13/h2-10H,1H3,(H3,17,18,19). The van der Waals surface area contributed by atoms with E-state index in [-0.39, 0.29) is 0 Å². The number of aromatic amines is 1. The quantitative estimate of drug-likeness (QED) is 0.759. The van der Waals surface area contributed by atoms with Gasteiger partial charge in [-0.3, -0.25) is 5.10 Å². The molecule has 0 amide bonds. The molecule has 0 spiro atoms. The van der Waals surface area contributed by atoms with Crippen molar-refractivity contribution in [2.45, 2.75) is 16.7 Å². The van der Waals surface area contributed by atoms with Crippen molar-refractivity contribution in [1.82, 2.24) is 10.2 Å². The summed E-state index contributed by atoms with van der Waals surface area (Å²) in [4.78, 5) is 2.49. The molecule has 3 aromatic rings. The van der Waals surface area contributed by atoms with Crippen molar-refractivity contribution in [3.8, 4) is 11.1 Å². The fraction of sp³-hybridized carbons (Fsp3) is 0.0625. The SMILES string of the molecule is Cc1cc(-c2c[nH]nc2N)ccc1Sc1ccccc1. The summed E-state index contributed by atoms with van der Waals surface area (Å²) in [5, 5.41) is 6.75. The number of nitrogen functional groups attached to an aromatic ring is 1. The molecule has 2 aromatic carbocycles. The molecule has 0 atom stereocenters. The summed E-state index contributed by atoms with van der Waals surface area (Å²) in [6, 6.07) is 16.7. The lowest BCUT2D eigenvalue weighted by molar-refractivity contribution is 1.10. The predicted molar refractivity (Wildman–Crippen MR) is 83.7 cm³/mol. The molecule has 0 saturated heterocycles. The highest BCUT2D eigenvalue weighted by molar-refractivity contribution is 7.99. The van der Waals surface area contributed by atoms with Crippen LogP contribution < -0.4 is 5.73 Å². The average molecular weight is 281 g/mol. The lowest BCUT2D eigenvalue weighted by Gasteiger charge is -2.08. The van der Waals surface area contributed by atoms with Gasteiger partial charge in [-0.2, -0.15) is 5.10 Å². The molecule has 3 N–H and O–H groups in total. The van der Waals surface area contributed by atoms with Crippen LogP contribution in [-0.2, 0) is 0 Å². The second-order valence-electron chi connectivity index (χ2n) is 4.58. The second-order valence-corrected chi connectivity index (χ2v) is 5.69. The van der Waals surface area contributed by atoms with Crippen molar-refractivity contribution in [2.24, 2.45) is 0 Å². The van der Waals surface area contributed by atoms with E-state index in [0.717, 1.165) is 11.1 Å². The third-order valence-electron chi connectivity index (χ3n) is 3.13. The number of H-pyrrole nitrogens is 1. The van der Waals surface area contributed by atoms with Gasteiger partial charge in [0.1, 0.15) is 0 Å². The van der Waals surface area contributed by atoms with Gasteiger partial charge in [-0.1, -0.05) is 42.1 Å². The van der Waals surface area contributed by atoms with E-state index < -0.39 is 0 Å². The lowest BCUT2D eigenvalue weighted by atomic mass is 10.1. The Kier molecular flexibility index (Phi) is 3.48. The van der Waals surface area contributed by atoms with Crippen LogP contribution in [0.2, 0.25) is 0 Å². The van der Waals surface area contributed by atoms with Crippen LogP contribution in [-0.4, -0.2) is 10.2 Å². The van der Waals surface area contributed by atoms with Gasteiger partial charge < -0.3 is 5.73 Å². The first-order valence-corrected chi connectivity index (χ1v) is 7.19. The molecule has 0 unspecified atom stereocenters. The van der Waals surface area contributed by atoms with Crippen LogP contribution in [0.3, 0.4) is 0 Å². The molecule has 0 radical (unpaired) electrons. The molecule has 3 rings (SSSR count). The smallest absolute Gasteiger partial charge is 0.153 e. The predicted octanol–water partition coefficient (Wildman–Crippen LogP) is 4.12. The maximum atomic E-state index is 5.84. The first kappa shape index (κ1) is 12.8. The molecule has 100 valence electrons. The number of aryl methyl sites for hydroxylation is 1. The summed E-state index contributed by atoms with van der Waals surface area (Å²) in [5.74, 6) is 0.535. The summed E-state index contributed by atoms with van der Waals surface area (Å²) in [6.45, 7) is 2.12. The van der Waals surface area contributed by atoms with Crippen molar-refractivity contribution >= 4 is 17.6 Å². The van der Waals surface area contributed by atoms with Gasteiger partial charge in [0.15, 0.2) is 5.82 Å². The van der Waals surface area contributed by atoms with Gasteiger partial charge in [-0.05, 0) is 36.2 Å². The van der Waals surface area contributed by atoms with Crippen molar-refractivity contribution in [2.75, 3.05) is 5.73 Å². The largest absolute Gasteiger partial charge is 0.382 e. The molecule has 0 aliphatic heterocycles. The van der Waals surface area contributed by atoms with Crippen LogP contribution in [0.1, 0.15) is 5.56 Å². The van der Waals surface area contributed by atoms with Crippen molar-refractivity contribution in [3.05, 3.63) is 60.3 Å². The van der Waals surface area contributed by atoms with Gasteiger partial charge in [-0.15, -0.1) is 0 Å². The van der Waals surface area contributed by atoms with Crippen LogP contribution in [0.4, 0.5) is 5.82 Å². The maximum absolute atomic E-state index is 5.84. The fourth-order valence-corrected chi connectivity index (χ4v) is 2.98. The molecule has 4 heteroatoms. The fourth-order valence-electron chi connectivity index (χ4n) is 2.08. The average Bonchev–Trinajstić information content (AvgIpc) is 2.88. The van der Waals surface area contributed by atoms with Crippen LogP contribution in [0.15, 0.2) is 64.5 Å². The highest BCUT2D eigenvalue weighted by Gasteiger charge is 2.07. The van der Waals surface area contributed by atoms with Crippen molar-refractivity contribution in [1.29, 1.82) is 0 Å². The first-order valence-electron chi connectivity index (χ1n) is 6.37. The summed E-state index contributed by atoms with van der Waals surface area (Å²) >= 11 is 1.77. The number of nitrogens with zero attached hydrogens (tertiary/aromatic N) is 1. The van der Waals surface area contributed by atoms with Gasteiger partial charge in [0.05, 0.1) is 0 Å². The Balaban J connectivity index is 1.90. The van der Waals surface area contributed by atoms with Gasteiger partial charge in [0, 0.05) is 21.6 Å². The van der Waals surface area contributed by atoms with E-state index in [1.54, 1.807) is 11.8 Å². The molecular weight excluding hydrogens is 266 g/mol. The number of hydrogen-bond donors (Lipinski definition) is 2. The molecule has 1 heterocycles. The highest BCUT2D eigenvalue weighted by Crippen LogP contribution is 2.33. The first-order chi connectivity index (χ1) is 9.74. The van der Waals surface area contributed by atoms with Crippen molar-refractivity contribution in [3.63, 3.8) is 0 Å². The zero-order valence-corrected chi connectivity index (χ0v) is 11.9. The number of benzene rings is 2. The Bertz CT molecular complexity index is 720. The molecule has 20 heavy (non-hydrogen) atoms. The monoisotopic (exact) mass is 281 g/mol. The molecule has 0 aliphatic carbocycles. The second kappa shape index (κ2) is 5.43. The summed E-state index contributed by atoms with van der Waals surface area (Å²) < 4.78 is 0. The Morgan fingerprint density at radius 3 is 2.55 bits per heavy atom. The van der Waals surface area contributed by atoms with Crippen molar-refractivity contribution < 1.29 is 0 Å². The number of aromatic nitrogens is 2. The van der Waals surface area contributed by atoms with E-state index in [1.807, 2.05) is 12.3 Å². The molecule has 3 nitrogen and oxygen atoms in total. The van der Waals surface area contributed by atoms with E-state index in [9.17, 15) is 0 Å². The Hall–Kier alpha value is -2.20. The Labute approximate surface area is 122 Å². The zero-order chi connectivity index (χ0) is 13.9. The molecular formula is C16H15N3S. The molecule has 0 saturated carbocycles. The summed E-state index contributed by atoms with van der Waals surface area (Å²) in [6.07, 6.45) is 1.83. The normalized spacial score (nSPS) is 10.7. The molecule has 0 fully saturated rings. The van der Waals surface area contributed by atoms with E-state index in [2.05, 4.69) is 59.6 Å². The third kappa shape index (κ3) is 2.56.